The van der Waals surface area contributed by atoms with Crippen LogP contribution in [-0.4, -0.2) is 29.4 Å². The first-order valence-corrected chi connectivity index (χ1v) is 7.35. The first-order chi connectivity index (χ1) is 11.8. The van der Waals surface area contributed by atoms with Gasteiger partial charge in [-0.15, -0.1) is 0 Å². The zero-order chi connectivity index (χ0) is 18.6. The van der Waals surface area contributed by atoms with Crippen LogP contribution in [0.1, 0.15) is 33.2 Å². The Morgan fingerprint density at radius 3 is 2.40 bits per heavy atom. The van der Waals surface area contributed by atoms with E-state index in [1.807, 2.05) is 0 Å². The lowest BCUT2D eigenvalue weighted by Gasteiger charge is -2.08. The number of anilines is 1. The van der Waals surface area contributed by atoms with Gasteiger partial charge in [-0.2, -0.15) is 0 Å². The first kappa shape index (κ1) is 18.1. The number of benzene rings is 2. The Bertz CT molecular complexity index is 847. The minimum atomic E-state index is -0.888. The molecule has 6 nitrogen and oxygen atoms in total. The van der Waals surface area contributed by atoms with Gasteiger partial charge in [-0.1, -0.05) is 6.07 Å². The molecule has 2 aromatic carbocycles. The average molecular weight is 345 g/mol. The van der Waals surface area contributed by atoms with Crippen molar-refractivity contribution in [3.8, 4) is 5.75 Å². The summed E-state index contributed by atoms with van der Waals surface area (Å²) >= 11 is 0. The maximum atomic E-state index is 14.0. The second-order valence-electron chi connectivity index (χ2n) is 5.40. The van der Waals surface area contributed by atoms with Crippen LogP contribution in [0.4, 0.5) is 10.1 Å². The molecule has 0 aliphatic rings. The van der Waals surface area contributed by atoms with E-state index in [9.17, 15) is 23.9 Å². The fraction of sp³-hybridized carbons (Fsp3) is 0.167. The van der Waals surface area contributed by atoms with E-state index >= 15 is 0 Å². The van der Waals surface area contributed by atoms with Gasteiger partial charge < -0.3 is 15.2 Å². The topological polar surface area (TPSA) is 92.7 Å². The molecule has 2 N–H and O–H groups in total. The molecule has 0 aliphatic heterocycles. The summed E-state index contributed by atoms with van der Waals surface area (Å²) in [5, 5.41) is 12.1. The van der Waals surface area contributed by atoms with Crippen LogP contribution in [0.3, 0.4) is 0 Å². The molecule has 0 fully saturated rings. The van der Waals surface area contributed by atoms with Crippen molar-refractivity contribution in [2.45, 2.75) is 13.8 Å². The predicted molar refractivity (Wildman–Crippen MR) is 88.2 cm³/mol. The van der Waals surface area contributed by atoms with E-state index in [4.69, 9.17) is 4.74 Å². The lowest BCUT2D eigenvalue weighted by Crippen LogP contribution is -2.16. The van der Waals surface area contributed by atoms with Crippen molar-refractivity contribution in [2.24, 2.45) is 0 Å². The molecule has 0 saturated heterocycles. The second kappa shape index (κ2) is 7.57. The molecule has 0 unspecified atom stereocenters. The molecule has 0 radical (unpaired) electrons. The lowest BCUT2D eigenvalue weighted by atomic mass is 10.1. The first-order valence-electron chi connectivity index (χ1n) is 7.35. The van der Waals surface area contributed by atoms with Gasteiger partial charge >= 0.3 is 5.97 Å². The summed E-state index contributed by atoms with van der Waals surface area (Å²) in [4.78, 5) is 34.8. The van der Waals surface area contributed by atoms with Crippen LogP contribution in [0.5, 0.6) is 5.75 Å². The van der Waals surface area contributed by atoms with Crippen LogP contribution in [0, 0.1) is 12.7 Å². The molecule has 25 heavy (non-hydrogen) atoms. The van der Waals surface area contributed by atoms with Crippen LogP contribution >= 0.6 is 0 Å². The van der Waals surface area contributed by atoms with Gasteiger partial charge in [-0.3, -0.25) is 9.59 Å². The molecule has 130 valence electrons. The number of esters is 1. The Kier molecular flexibility index (Phi) is 5.49. The number of carbonyl (C=O) groups is 3. The number of phenols is 1. The fourth-order valence-corrected chi connectivity index (χ4v) is 2.12. The maximum Gasteiger partial charge on any atom is 0.342 e. The third kappa shape index (κ3) is 4.63. The number of carbonyl (C=O) groups excluding carboxylic acids is 3. The number of aryl methyl sites for hydroxylation is 1. The highest BCUT2D eigenvalue weighted by Crippen LogP contribution is 2.20. The Balaban J connectivity index is 2.04. The standard InChI is InChI=1S/C18H16FNO5/c1-10-3-5-14(16(22)7-10)18(24)25-9-17(23)13-6-4-12(8-15(13)19)20-11(2)21/h3-8,22H,9H2,1-2H3,(H,20,21). The number of ketones is 1. The number of phenolic OH excluding ortho intramolecular Hbond substituents is 1. The van der Waals surface area contributed by atoms with Gasteiger partial charge in [0, 0.05) is 12.6 Å². The second-order valence-corrected chi connectivity index (χ2v) is 5.40. The van der Waals surface area contributed by atoms with Crippen LogP contribution in [0.25, 0.3) is 0 Å². The Morgan fingerprint density at radius 1 is 1.12 bits per heavy atom. The van der Waals surface area contributed by atoms with Gasteiger partial charge in [-0.05, 0) is 42.8 Å². The maximum absolute atomic E-state index is 14.0. The highest BCUT2D eigenvalue weighted by atomic mass is 19.1. The number of hydrogen-bond donors (Lipinski definition) is 2. The third-order valence-corrected chi connectivity index (χ3v) is 3.30. The minimum absolute atomic E-state index is 0.0834. The number of halogens is 1. The van der Waals surface area contributed by atoms with Gasteiger partial charge in [0.1, 0.15) is 17.1 Å². The van der Waals surface area contributed by atoms with Crippen molar-refractivity contribution in [2.75, 3.05) is 11.9 Å². The van der Waals surface area contributed by atoms with E-state index in [0.717, 1.165) is 11.6 Å². The number of amides is 1. The van der Waals surface area contributed by atoms with Gasteiger partial charge in [-0.25, -0.2) is 9.18 Å². The van der Waals surface area contributed by atoms with Crippen molar-refractivity contribution >= 4 is 23.3 Å². The SMILES string of the molecule is CC(=O)Nc1ccc(C(=O)COC(=O)c2ccc(C)cc2O)c(F)c1. The predicted octanol–water partition coefficient (Wildman–Crippen LogP) is 2.84. The molecule has 0 aromatic heterocycles. The van der Waals surface area contributed by atoms with E-state index in [0.29, 0.717) is 0 Å². The number of aromatic hydroxyl groups is 1. The summed E-state index contributed by atoms with van der Waals surface area (Å²) in [5.74, 6) is -3.10. The molecule has 1 amide bonds. The minimum Gasteiger partial charge on any atom is -0.507 e. The Labute approximate surface area is 143 Å². The van der Waals surface area contributed by atoms with Crippen LogP contribution in [0.2, 0.25) is 0 Å². The van der Waals surface area contributed by atoms with Crippen LogP contribution in [-0.2, 0) is 9.53 Å². The summed E-state index contributed by atoms with van der Waals surface area (Å²) < 4.78 is 18.8. The number of nitrogens with one attached hydrogen (secondary N) is 1. The van der Waals surface area contributed by atoms with E-state index in [-0.39, 0.29) is 28.5 Å². The summed E-state index contributed by atoms with van der Waals surface area (Å²) in [6.07, 6.45) is 0. The largest absolute Gasteiger partial charge is 0.507 e. The highest BCUT2D eigenvalue weighted by molar-refractivity contribution is 6.00. The van der Waals surface area contributed by atoms with Crippen molar-refractivity contribution in [3.05, 3.63) is 58.9 Å². The number of Topliss-reactive ketones (excluding diaryl/α,β-unsaturated/α-hetero) is 1. The van der Waals surface area contributed by atoms with E-state index in [2.05, 4.69) is 5.32 Å². The van der Waals surface area contributed by atoms with Crippen molar-refractivity contribution < 1.29 is 28.6 Å². The molecule has 7 heteroatoms. The van der Waals surface area contributed by atoms with Crippen molar-refractivity contribution in [1.82, 2.24) is 0 Å². The quantitative estimate of drug-likeness (QED) is 0.642. The van der Waals surface area contributed by atoms with Gasteiger partial charge in [0.25, 0.3) is 0 Å². The molecule has 2 aromatic rings. The summed E-state index contributed by atoms with van der Waals surface area (Å²) in [6, 6.07) is 7.94. The molecule has 0 aliphatic carbocycles. The van der Waals surface area contributed by atoms with Crippen LogP contribution < -0.4 is 5.32 Å². The van der Waals surface area contributed by atoms with Gasteiger partial charge in [0.2, 0.25) is 11.7 Å². The van der Waals surface area contributed by atoms with Crippen LogP contribution in [0.15, 0.2) is 36.4 Å². The van der Waals surface area contributed by atoms with Gasteiger partial charge in [0.05, 0.1) is 5.56 Å². The van der Waals surface area contributed by atoms with E-state index < -0.39 is 24.2 Å². The third-order valence-electron chi connectivity index (χ3n) is 3.30. The summed E-state index contributed by atoms with van der Waals surface area (Å²) in [5.41, 5.74) is 0.615. The molecule has 0 atom stereocenters. The molecular weight excluding hydrogens is 329 g/mol. The highest BCUT2D eigenvalue weighted by Gasteiger charge is 2.17. The average Bonchev–Trinajstić information content (AvgIpc) is 2.51. The van der Waals surface area contributed by atoms with Crippen molar-refractivity contribution in [1.29, 1.82) is 0 Å². The zero-order valence-corrected chi connectivity index (χ0v) is 13.6. The number of hydrogen-bond acceptors (Lipinski definition) is 5. The lowest BCUT2D eigenvalue weighted by molar-refractivity contribution is -0.114. The normalized spacial score (nSPS) is 10.2. The molecule has 0 bridgehead atoms. The Hall–Kier alpha value is -3.22. The molecular formula is C18H16FNO5. The monoisotopic (exact) mass is 345 g/mol. The molecule has 2 rings (SSSR count). The number of ether oxygens (including phenoxy) is 1. The van der Waals surface area contributed by atoms with Gasteiger partial charge in [0.15, 0.2) is 6.61 Å². The summed E-state index contributed by atoms with van der Waals surface area (Å²) in [7, 11) is 0. The van der Waals surface area contributed by atoms with E-state index in [1.54, 1.807) is 13.0 Å². The zero-order valence-electron chi connectivity index (χ0n) is 13.6. The van der Waals surface area contributed by atoms with E-state index in [1.165, 1.54) is 31.2 Å². The van der Waals surface area contributed by atoms with Crippen molar-refractivity contribution in [3.63, 3.8) is 0 Å². The molecule has 0 spiro atoms. The smallest absolute Gasteiger partial charge is 0.342 e. The number of rotatable bonds is 5. The molecule has 0 saturated carbocycles. The molecule has 0 heterocycles. The fourth-order valence-electron chi connectivity index (χ4n) is 2.12. The Morgan fingerprint density at radius 2 is 1.80 bits per heavy atom. The summed E-state index contributed by atoms with van der Waals surface area (Å²) in [6.45, 7) is 2.34.